The van der Waals surface area contributed by atoms with Crippen molar-refractivity contribution in [2.75, 3.05) is 39.9 Å². The maximum absolute atomic E-state index is 5.47. The topological polar surface area (TPSA) is 48.9 Å². The van der Waals surface area contributed by atoms with E-state index in [-0.39, 0.29) is 24.0 Å². The van der Waals surface area contributed by atoms with E-state index < -0.39 is 0 Å². The van der Waals surface area contributed by atoms with Crippen LogP contribution in [-0.4, -0.2) is 62.8 Å². The molecular formula is C16H33IN4O. The van der Waals surface area contributed by atoms with Crippen LogP contribution in [0, 0.1) is 5.92 Å². The van der Waals surface area contributed by atoms with Gasteiger partial charge >= 0.3 is 0 Å². The van der Waals surface area contributed by atoms with Crippen molar-refractivity contribution < 1.29 is 4.74 Å². The first kappa shape index (κ1) is 20.0. The standard InChI is InChI=1S/C16H32N4O.HI/c1-13(2)15(20-8-10-21-11-9-20)12-18-16(17-3)19-14-6-4-5-7-14;/h13-15H,4-12H2,1-3H3,(H2,17,18,19);1H. The van der Waals surface area contributed by atoms with Crippen LogP contribution >= 0.6 is 24.0 Å². The minimum atomic E-state index is 0. The zero-order valence-electron chi connectivity index (χ0n) is 14.3. The Hall–Kier alpha value is -0.0800. The second-order valence-electron chi connectivity index (χ2n) is 6.54. The molecule has 2 N–H and O–H groups in total. The molecule has 2 fully saturated rings. The van der Waals surface area contributed by atoms with Gasteiger partial charge in [0, 0.05) is 38.8 Å². The molecule has 2 aliphatic rings. The minimum Gasteiger partial charge on any atom is -0.379 e. The van der Waals surface area contributed by atoms with E-state index in [1.807, 2.05) is 7.05 Å². The van der Waals surface area contributed by atoms with E-state index in [1.165, 1.54) is 25.7 Å². The number of rotatable bonds is 5. The molecule has 0 spiro atoms. The Balaban J connectivity index is 0.00000242. The minimum absolute atomic E-state index is 0. The Bertz CT molecular complexity index is 326. The summed E-state index contributed by atoms with van der Waals surface area (Å²) in [5.41, 5.74) is 0. The summed E-state index contributed by atoms with van der Waals surface area (Å²) < 4.78 is 5.47. The highest BCUT2D eigenvalue weighted by molar-refractivity contribution is 14.0. The van der Waals surface area contributed by atoms with Crippen molar-refractivity contribution in [3.8, 4) is 0 Å². The summed E-state index contributed by atoms with van der Waals surface area (Å²) in [6.45, 7) is 9.35. The van der Waals surface area contributed by atoms with E-state index in [0.29, 0.717) is 18.0 Å². The van der Waals surface area contributed by atoms with Gasteiger partial charge in [-0.25, -0.2) is 0 Å². The van der Waals surface area contributed by atoms with Gasteiger partial charge in [0.2, 0.25) is 0 Å². The number of nitrogens with zero attached hydrogens (tertiary/aromatic N) is 2. The lowest BCUT2D eigenvalue weighted by Gasteiger charge is -2.37. The van der Waals surface area contributed by atoms with Crippen LogP contribution in [0.4, 0.5) is 0 Å². The van der Waals surface area contributed by atoms with Crippen LogP contribution in [-0.2, 0) is 4.74 Å². The molecule has 0 bridgehead atoms. The van der Waals surface area contributed by atoms with Gasteiger partial charge in [-0.1, -0.05) is 26.7 Å². The fraction of sp³-hybridized carbons (Fsp3) is 0.938. The number of nitrogens with one attached hydrogen (secondary N) is 2. The predicted molar refractivity (Wildman–Crippen MR) is 103 cm³/mol. The fourth-order valence-corrected chi connectivity index (χ4v) is 3.35. The highest BCUT2D eigenvalue weighted by atomic mass is 127. The van der Waals surface area contributed by atoms with Gasteiger partial charge in [0.1, 0.15) is 0 Å². The van der Waals surface area contributed by atoms with Crippen molar-refractivity contribution >= 4 is 29.9 Å². The molecule has 130 valence electrons. The molecule has 6 heteroatoms. The third-order valence-corrected chi connectivity index (χ3v) is 4.68. The summed E-state index contributed by atoms with van der Waals surface area (Å²) in [5, 5.41) is 7.09. The second-order valence-corrected chi connectivity index (χ2v) is 6.54. The molecule has 1 aliphatic carbocycles. The predicted octanol–water partition coefficient (Wildman–Crippen LogP) is 2.07. The van der Waals surface area contributed by atoms with Crippen LogP contribution in [0.5, 0.6) is 0 Å². The highest BCUT2D eigenvalue weighted by Gasteiger charge is 2.24. The molecule has 5 nitrogen and oxygen atoms in total. The zero-order valence-corrected chi connectivity index (χ0v) is 16.6. The average Bonchev–Trinajstić information content (AvgIpc) is 3.00. The number of hydrogen-bond acceptors (Lipinski definition) is 3. The highest BCUT2D eigenvalue weighted by Crippen LogP contribution is 2.17. The SMILES string of the molecule is CN=C(NCC(C(C)C)N1CCOCC1)NC1CCCC1.I. The number of hydrogen-bond donors (Lipinski definition) is 2. The Kier molecular flexibility index (Phi) is 9.66. The maximum atomic E-state index is 5.47. The molecule has 1 saturated heterocycles. The number of halogens is 1. The van der Waals surface area contributed by atoms with Crippen LogP contribution in [0.15, 0.2) is 4.99 Å². The van der Waals surface area contributed by atoms with Crippen LogP contribution < -0.4 is 10.6 Å². The first-order valence-corrected chi connectivity index (χ1v) is 8.49. The molecule has 1 atom stereocenters. The van der Waals surface area contributed by atoms with Crippen LogP contribution in [0.3, 0.4) is 0 Å². The lowest BCUT2D eigenvalue weighted by atomic mass is 10.0. The molecule has 1 heterocycles. The number of ether oxygens (including phenoxy) is 1. The Labute approximate surface area is 152 Å². The smallest absolute Gasteiger partial charge is 0.191 e. The monoisotopic (exact) mass is 424 g/mol. The lowest BCUT2D eigenvalue weighted by Crippen LogP contribution is -2.53. The first-order valence-electron chi connectivity index (χ1n) is 8.49. The largest absolute Gasteiger partial charge is 0.379 e. The second kappa shape index (κ2) is 10.6. The molecule has 0 aromatic heterocycles. The number of guanidine groups is 1. The van der Waals surface area contributed by atoms with Crippen molar-refractivity contribution in [3.63, 3.8) is 0 Å². The maximum Gasteiger partial charge on any atom is 0.191 e. The molecule has 0 amide bonds. The summed E-state index contributed by atoms with van der Waals surface area (Å²) in [6, 6.07) is 1.15. The van der Waals surface area contributed by atoms with Crippen molar-refractivity contribution in [2.24, 2.45) is 10.9 Å². The Morgan fingerprint density at radius 2 is 1.86 bits per heavy atom. The molecule has 22 heavy (non-hydrogen) atoms. The summed E-state index contributed by atoms with van der Waals surface area (Å²) in [7, 11) is 1.86. The lowest BCUT2D eigenvalue weighted by molar-refractivity contribution is 0.00751. The van der Waals surface area contributed by atoms with Crippen molar-refractivity contribution in [2.45, 2.75) is 51.6 Å². The van der Waals surface area contributed by atoms with Gasteiger partial charge in [-0.15, -0.1) is 24.0 Å². The summed E-state index contributed by atoms with van der Waals surface area (Å²) >= 11 is 0. The molecule has 1 aliphatic heterocycles. The van der Waals surface area contributed by atoms with Gasteiger partial charge in [0.05, 0.1) is 13.2 Å². The Morgan fingerprint density at radius 1 is 1.23 bits per heavy atom. The normalized spacial score (nSPS) is 22.5. The van der Waals surface area contributed by atoms with E-state index >= 15 is 0 Å². The summed E-state index contributed by atoms with van der Waals surface area (Å²) in [5.74, 6) is 1.58. The summed E-state index contributed by atoms with van der Waals surface area (Å²) in [6.07, 6.45) is 5.24. The fourth-order valence-electron chi connectivity index (χ4n) is 3.35. The van der Waals surface area contributed by atoms with E-state index in [2.05, 4.69) is 34.4 Å². The molecule has 1 unspecified atom stereocenters. The van der Waals surface area contributed by atoms with Gasteiger partial charge in [0.25, 0.3) is 0 Å². The third kappa shape index (κ3) is 6.20. The average molecular weight is 424 g/mol. The van der Waals surface area contributed by atoms with Gasteiger partial charge in [0.15, 0.2) is 5.96 Å². The first-order chi connectivity index (χ1) is 10.2. The number of aliphatic imine (C=N–C) groups is 1. The van der Waals surface area contributed by atoms with Gasteiger partial charge in [-0.3, -0.25) is 9.89 Å². The van der Waals surface area contributed by atoms with E-state index in [4.69, 9.17) is 4.74 Å². The molecule has 2 rings (SSSR count). The van der Waals surface area contributed by atoms with Gasteiger partial charge in [-0.2, -0.15) is 0 Å². The molecule has 0 aromatic rings. The van der Waals surface area contributed by atoms with Crippen LogP contribution in [0.2, 0.25) is 0 Å². The molecule has 0 radical (unpaired) electrons. The van der Waals surface area contributed by atoms with Crippen LogP contribution in [0.25, 0.3) is 0 Å². The summed E-state index contributed by atoms with van der Waals surface area (Å²) in [4.78, 5) is 6.92. The number of morpholine rings is 1. The Morgan fingerprint density at radius 3 is 2.41 bits per heavy atom. The van der Waals surface area contributed by atoms with E-state index in [0.717, 1.165) is 38.8 Å². The third-order valence-electron chi connectivity index (χ3n) is 4.68. The molecule has 0 aromatic carbocycles. The zero-order chi connectivity index (χ0) is 15.1. The van der Waals surface area contributed by atoms with Crippen molar-refractivity contribution in [1.82, 2.24) is 15.5 Å². The quantitative estimate of drug-likeness (QED) is 0.403. The van der Waals surface area contributed by atoms with Crippen LogP contribution in [0.1, 0.15) is 39.5 Å². The van der Waals surface area contributed by atoms with E-state index in [9.17, 15) is 0 Å². The van der Waals surface area contributed by atoms with Gasteiger partial charge < -0.3 is 15.4 Å². The van der Waals surface area contributed by atoms with E-state index in [1.54, 1.807) is 0 Å². The molecular weight excluding hydrogens is 391 g/mol. The van der Waals surface area contributed by atoms with Crippen molar-refractivity contribution in [3.05, 3.63) is 0 Å². The van der Waals surface area contributed by atoms with Crippen molar-refractivity contribution in [1.29, 1.82) is 0 Å². The van der Waals surface area contributed by atoms with Gasteiger partial charge in [-0.05, 0) is 18.8 Å². The molecule has 1 saturated carbocycles.